The summed E-state index contributed by atoms with van der Waals surface area (Å²) in [6.07, 6.45) is 12.5. The number of aliphatic carboxylic acids is 1. The van der Waals surface area contributed by atoms with Gasteiger partial charge in [-0.05, 0) is 19.8 Å². The maximum atomic E-state index is 12.6. The van der Waals surface area contributed by atoms with E-state index >= 15 is 0 Å². The van der Waals surface area contributed by atoms with Crippen LogP contribution in [-0.4, -0.2) is 57.4 Å². The smallest absolute Gasteiger partial charge is 0.328 e. The first-order chi connectivity index (χ1) is 15.7. The molecule has 5 N–H and O–H groups in total. The van der Waals surface area contributed by atoms with E-state index in [9.17, 15) is 29.7 Å². The highest BCUT2D eigenvalue weighted by Gasteiger charge is 2.33. The van der Waals surface area contributed by atoms with Crippen molar-refractivity contribution in [2.24, 2.45) is 0 Å². The molecule has 0 aromatic rings. The predicted octanol–water partition coefficient (Wildman–Crippen LogP) is 3.67. The van der Waals surface area contributed by atoms with Gasteiger partial charge in [-0.3, -0.25) is 9.59 Å². The van der Waals surface area contributed by atoms with Gasteiger partial charge in [0.25, 0.3) is 0 Å². The number of hydrogen-bond acceptors (Lipinski definition) is 5. The molecule has 194 valence electrons. The number of aliphatic hydroxyl groups is 2. The first-order valence-corrected chi connectivity index (χ1v) is 12.9. The largest absolute Gasteiger partial charge is 0.480 e. The highest BCUT2D eigenvalue weighted by atomic mass is 16.4. The van der Waals surface area contributed by atoms with Gasteiger partial charge in [0.1, 0.15) is 6.04 Å². The van der Waals surface area contributed by atoms with Crippen LogP contribution in [-0.2, 0) is 14.4 Å². The number of carbonyl (C=O) groups is 3. The molecule has 0 saturated heterocycles. The summed E-state index contributed by atoms with van der Waals surface area (Å²) in [4.78, 5) is 36.3. The Morgan fingerprint density at radius 3 is 1.64 bits per heavy atom. The van der Waals surface area contributed by atoms with Gasteiger partial charge in [0, 0.05) is 6.42 Å². The third-order valence-corrected chi connectivity index (χ3v) is 5.89. The highest BCUT2D eigenvalue weighted by Crippen LogP contribution is 2.12. The number of carboxylic acids is 1. The van der Waals surface area contributed by atoms with Crippen molar-refractivity contribution in [2.45, 2.75) is 141 Å². The Labute approximate surface area is 199 Å². The van der Waals surface area contributed by atoms with Gasteiger partial charge in [0.05, 0.1) is 12.2 Å². The molecule has 0 saturated carbocycles. The first kappa shape index (κ1) is 31.3. The zero-order chi connectivity index (χ0) is 25.1. The predicted molar refractivity (Wildman–Crippen MR) is 130 cm³/mol. The average Bonchev–Trinajstić information content (AvgIpc) is 2.77. The fraction of sp³-hybridized carbons (Fsp3) is 0.880. The van der Waals surface area contributed by atoms with Crippen LogP contribution in [0.2, 0.25) is 0 Å². The summed E-state index contributed by atoms with van der Waals surface area (Å²) in [6, 6.07) is -2.76. The van der Waals surface area contributed by atoms with Crippen LogP contribution < -0.4 is 10.6 Å². The van der Waals surface area contributed by atoms with Gasteiger partial charge in [0.2, 0.25) is 11.8 Å². The minimum absolute atomic E-state index is 0.250. The molecule has 4 atom stereocenters. The van der Waals surface area contributed by atoms with Gasteiger partial charge in [-0.1, -0.05) is 90.9 Å². The Morgan fingerprint density at radius 1 is 0.697 bits per heavy atom. The van der Waals surface area contributed by atoms with Crippen molar-refractivity contribution >= 4 is 17.8 Å². The van der Waals surface area contributed by atoms with E-state index in [4.69, 9.17) is 0 Å². The SMILES string of the molecule is CCCCCCCCCCCCCC(=O)NC(C(=O)NC(C(=O)O)C(C)O)C(O)CCCC. The normalized spacial score (nSPS) is 14.8. The van der Waals surface area contributed by atoms with E-state index in [1.54, 1.807) is 0 Å². The van der Waals surface area contributed by atoms with E-state index in [1.165, 1.54) is 51.9 Å². The van der Waals surface area contributed by atoms with Gasteiger partial charge in [0.15, 0.2) is 6.04 Å². The van der Waals surface area contributed by atoms with E-state index in [0.717, 1.165) is 25.7 Å². The summed E-state index contributed by atoms with van der Waals surface area (Å²) in [5.41, 5.74) is 0. The van der Waals surface area contributed by atoms with E-state index in [2.05, 4.69) is 17.6 Å². The molecular weight excluding hydrogens is 424 g/mol. The molecule has 0 aromatic carbocycles. The fourth-order valence-corrected chi connectivity index (χ4v) is 3.74. The van der Waals surface area contributed by atoms with E-state index < -0.39 is 36.2 Å². The lowest BCUT2D eigenvalue weighted by atomic mass is 10.0. The van der Waals surface area contributed by atoms with Gasteiger partial charge < -0.3 is 26.0 Å². The van der Waals surface area contributed by atoms with E-state index in [-0.39, 0.29) is 12.3 Å². The van der Waals surface area contributed by atoms with Gasteiger partial charge in [-0.2, -0.15) is 0 Å². The molecular formula is C25H48N2O6. The molecule has 0 aromatic heterocycles. The lowest BCUT2D eigenvalue weighted by molar-refractivity contribution is -0.145. The molecule has 0 radical (unpaired) electrons. The second-order valence-corrected chi connectivity index (χ2v) is 9.11. The third kappa shape index (κ3) is 15.7. The first-order valence-electron chi connectivity index (χ1n) is 12.9. The van der Waals surface area contributed by atoms with Crippen molar-refractivity contribution in [1.82, 2.24) is 10.6 Å². The minimum atomic E-state index is -1.51. The number of carbonyl (C=O) groups excluding carboxylic acids is 2. The fourth-order valence-electron chi connectivity index (χ4n) is 3.74. The molecule has 0 bridgehead atoms. The quantitative estimate of drug-likeness (QED) is 0.162. The number of nitrogens with one attached hydrogen (secondary N) is 2. The van der Waals surface area contributed by atoms with Gasteiger partial charge >= 0.3 is 5.97 Å². The van der Waals surface area contributed by atoms with Crippen LogP contribution in [0.15, 0.2) is 0 Å². The topological polar surface area (TPSA) is 136 Å². The van der Waals surface area contributed by atoms with Gasteiger partial charge in [-0.25, -0.2) is 4.79 Å². The van der Waals surface area contributed by atoms with Crippen LogP contribution in [0.3, 0.4) is 0 Å². The van der Waals surface area contributed by atoms with Gasteiger partial charge in [-0.15, -0.1) is 0 Å². The second-order valence-electron chi connectivity index (χ2n) is 9.11. The Kier molecular flexibility index (Phi) is 18.8. The molecule has 0 spiro atoms. The Bertz CT molecular complexity index is 541. The summed E-state index contributed by atoms with van der Waals surface area (Å²) >= 11 is 0. The lowest BCUT2D eigenvalue weighted by Gasteiger charge is -2.26. The highest BCUT2D eigenvalue weighted by molar-refractivity contribution is 5.91. The van der Waals surface area contributed by atoms with E-state index in [1.807, 2.05) is 6.92 Å². The van der Waals surface area contributed by atoms with Crippen molar-refractivity contribution in [2.75, 3.05) is 0 Å². The number of amides is 2. The zero-order valence-corrected chi connectivity index (χ0v) is 21.0. The van der Waals surface area contributed by atoms with Crippen molar-refractivity contribution in [3.8, 4) is 0 Å². The maximum absolute atomic E-state index is 12.6. The molecule has 0 aliphatic carbocycles. The van der Waals surface area contributed by atoms with Crippen LogP contribution >= 0.6 is 0 Å². The molecule has 4 unspecified atom stereocenters. The third-order valence-electron chi connectivity index (χ3n) is 5.89. The summed E-state index contributed by atoms with van der Waals surface area (Å²) < 4.78 is 0. The average molecular weight is 473 g/mol. The number of aliphatic hydroxyl groups excluding tert-OH is 2. The van der Waals surface area contributed by atoms with Crippen molar-refractivity contribution in [1.29, 1.82) is 0 Å². The van der Waals surface area contributed by atoms with Crippen LogP contribution in [0.5, 0.6) is 0 Å². The van der Waals surface area contributed by atoms with Crippen molar-refractivity contribution in [3.05, 3.63) is 0 Å². The standard InChI is InChI=1S/C25H48N2O6/c1-4-6-8-9-10-11-12-13-14-15-16-18-21(30)26-23(20(29)17-7-5-2)24(31)27-22(19(3)28)25(32)33/h19-20,22-23,28-29H,4-18H2,1-3H3,(H,26,30)(H,27,31)(H,32,33). The molecule has 2 amide bonds. The number of rotatable bonds is 21. The molecule has 8 heteroatoms. The summed E-state index contributed by atoms with van der Waals surface area (Å²) in [5, 5.41) is 34.0. The molecule has 0 heterocycles. The maximum Gasteiger partial charge on any atom is 0.328 e. The second kappa shape index (κ2) is 19.8. The monoisotopic (exact) mass is 472 g/mol. The van der Waals surface area contributed by atoms with E-state index in [0.29, 0.717) is 19.3 Å². The van der Waals surface area contributed by atoms with Crippen molar-refractivity contribution < 1.29 is 29.7 Å². The van der Waals surface area contributed by atoms with Crippen LogP contribution in [0.4, 0.5) is 0 Å². The number of unbranched alkanes of at least 4 members (excludes halogenated alkanes) is 11. The molecule has 0 fully saturated rings. The summed E-state index contributed by atoms with van der Waals surface area (Å²) in [7, 11) is 0. The number of hydrogen-bond donors (Lipinski definition) is 5. The van der Waals surface area contributed by atoms with Crippen LogP contribution in [0.1, 0.15) is 117 Å². The lowest BCUT2D eigenvalue weighted by Crippen LogP contribution is -2.58. The summed E-state index contributed by atoms with van der Waals surface area (Å²) in [6.45, 7) is 5.42. The molecule has 8 nitrogen and oxygen atoms in total. The zero-order valence-electron chi connectivity index (χ0n) is 21.0. The molecule has 0 aliphatic heterocycles. The van der Waals surface area contributed by atoms with Crippen LogP contribution in [0.25, 0.3) is 0 Å². The minimum Gasteiger partial charge on any atom is -0.480 e. The van der Waals surface area contributed by atoms with Crippen molar-refractivity contribution in [3.63, 3.8) is 0 Å². The Balaban J connectivity index is 4.42. The van der Waals surface area contributed by atoms with Crippen LogP contribution in [0, 0.1) is 0 Å². The number of carboxylic acid groups (broad SMARTS) is 1. The molecule has 33 heavy (non-hydrogen) atoms. The molecule has 0 rings (SSSR count). The Hall–Kier alpha value is -1.67. The molecule has 0 aliphatic rings. The summed E-state index contributed by atoms with van der Waals surface area (Å²) in [5.74, 6) is -2.53. The Morgan fingerprint density at radius 2 is 1.18 bits per heavy atom.